The highest BCUT2D eigenvalue weighted by molar-refractivity contribution is 6.40. The van der Waals surface area contributed by atoms with Crippen LogP contribution in [0.1, 0.15) is 29.8 Å². The van der Waals surface area contributed by atoms with E-state index in [0.29, 0.717) is 0 Å². The number of Topliss-reactive ketones (excluding diaryl/α,β-unsaturated/α-hetero) is 1. The molecule has 0 bridgehead atoms. The summed E-state index contributed by atoms with van der Waals surface area (Å²) >= 11 is 0. The van der Waals surface area contributed by atoms with Crippen molar-refractivity contribution < 1.29 is 23.9 Å². The molecule has 0 aliphatic carbocycles. The van der Waals surface area contributed by atoms with Gasteiger partial charge in [-0.05, 0) is 12.5 Å². The third-order valence-electron chi connectivity index (χ3n) is 2.12. The van der Waals surface area contributed by atoms with Crippen LogP contribution in [0.2, 0.25) is 0 Å². The largest absolute Gasteiger partial charge is 0.461 e. The van der Waals surface area contributed by atoms with Crippen molar-refractivity contribution >= 4 is 17.7 Å². The van der Waals surface area contributed by atoms with Crippen molar-refractivity contribution in [3.63, 3.8) is 0 Å². The summed E-state index contributed by atoms with van der Waals surface area (Å²) in [6.45, 7) is 3.25. The van der Waals surface area contributed by atoms with Crippen molar-refractivity contribution in [2.24, 2.45) is 0 Å². The van der Waals surface area contributed by atoms with Gasteiger partial charge in [-0.3, -0.25) is 9.59 Å². The molecule has 0 aliphatic rings. The maximum absolute atomic E-state index is 11.6. The number of hydrogen-bond acceptors (Lipinski definition) is 5. The van der Waals surface area contributed by atoms with E-state index < -0.39 is 11.8 Å². The van der Waals surface area contributed by atoms with Gasteiger partial charge >= 0.3 is 11.9 Å². The van der Waals surface area contributed by atoms with Gasteiger partial charge in [0.05, 0.1) is 6.61 Å². The van der Waals surface area contributed by atoms with Crippen LogP contribution >= 0.6 is 0 Å². The molecule has 0 saturated heterocycles. The van der Waals surface area contributed by atoms with Crippen molar-refractivity contribution in [3.8, 4) is 0 Å². The normalized spacial score (nSPS) is 9.67. The Balaban J connectivity index is 2.67. The third-order valence-corrected chi connectivity index (χ3v) is 2.12. The minimum absolute atomic E-state index is 0.142. The summed E-state index contributed by atoms with van der Waals surface area (Å²) in [6.07, 6.45) is 0. The van der Waals surface area contributed by atoms with Crippen molar-refractivity contribution in [1.29, 1.82) is 0 Å². The first-order valence-electron chi connectivity index (χ1n) is 5.48. The molecule has 18 heavy (non-hydrogen) atoms. The monoisotopic (exact) mass is 250 g/mol. The van der Waals surface area contributed by atoms with Gasteiger partial charge in [0.25, 0.3) is 5.78 Å². The minimum atomic E-state index is -0.870. The number of ether oxygens (including phenoxy) is 2. The first-order chi connectivity index (χ1) is 8.54. The summed E-state index contributed by atoms with van der Waals surface area (Å²) in [5, 5.41) is 0. The molecule has 0 aromatic heterocycles. The Hall–Kier alpha value is -2.17. The highest BCUT2D eigenvalue weighted by Gasteiger charge is 2.16. The van der Waals surface area contributed by atoms with Crippen LogP contribution in [0.15, 0.2) is 24.3 Å². The second-order valence-electron chi connectivity index (χ2n) is 3.53. The smallest absolute Gasteiger partial charge is 0.379 e. The van der Waals surface area contributed by atoms with Crippen molar-refractivity contribution in [1.82, 2.24) is 0 Å². The van der Waals surface area contributed by atoms with Gasteiger partial charge < -0.3 is 9.47 Å². The van der Waals surface area contributed by atoms with Crippen LogP contribution in [0.5, 0.6) is 0 Å². The van der Waals surface area contributed by atoms with Crippen molar-refractivity contribution in [3.05, 3.63) is 35.4 Å². The Bertz CT molecular complexity index is 447. The molecule has 0 fully saturated rings. The number of rotatable bonds is 5. The average molecular weight is 250 g/mol. The maximum atomic E-state index is 11.6. The Morgan fingerprint density at radius 2 is 1.67 bits per heavy atom. The summed E-state index contributed by atoms with van der Waals surface area (Å²) in [5.74, 6) is -1.93. The van der Waals surface area contributed by atoms with E-state index in [2.05, 4.69) is 4.74 Å². The second-order valence-corrected chi connectivity index (χ2v) is 3.53. The van der Waals surface area contributed by atoms with Gasteiger partial charge in [-0.15, -0.1) is 0 Å². The molecule has 0 spiro atoms. The number of esters is 2. The van der Waals surface area contributed by atoms with Crippen LogP contribution in [-0.2, 0) is 25.7 Å². The Morgan fingerprint density at radius 3 is 2.17 bits per heavy atom. The van der Waals surface area contributed by atoms with E-state index in [1.165, 1.54) is 19.1 Å². The van der Waals surface area contributed by atoms with Gasteiger partial charge in [0, 0.05) is 12.5 Å². The van der Waals surface area contributed by atoms with Gasteiger partial charge in [-0.1, -0.05) is 24.3 Å². The number of hydrogen-bond donors (Lipinski definition) is 0. The van der Waals surface area contributed by atoms with E-state index in [1.807, 2.05) is 0 Å². The van der Waals surface area contributed by atoms with Crippen LogP contribution in [0.4, 0.5) is 0 Å². The van der Waals surface area contributed by atoms with Crippen LogP contribution < -0.4 is 0 Å². The van der Waals surface area contributed by atoms with Gasteiger partial charge in [-0.25, -0.2) is 4.79 Å². The Labute approximate surface area is 105 Å². The summed E-state index contributed by atoms with van der Waals surface area (Å²) in [4.78, 5) is 33.4. The molecule has 0 N–H and O–H groups in total. The Kier molecular flexibility index (Phi) is 5.05. The summed E-state index contributed by atoms with van der Waals surface area (Å²) in [5.41, 5.74) is 0.991. The van der Waals surface area contributed by atoms with E-state index >= 15 is 0 Å². The predicted octanol–water partition coefficient (Wildman–Crippen LogP) is 1.50. The summed E-state index contributed by atoms with van der Waals surface area (Å²) < 4.78 is 9.41. The van der Waals surface area contributed by atoms with E-state index in [4.69, 9.17) is 4.74 Å². The van der Waals surface area contributed by atoms with Gasteiger partial charge in [0.1, 0.15) is 6.61 Å². The molecule has 0 amide bonds. The molecule has 5 heteroatoms. The minimum Gasteiger partial charge on any atom is -0.461 e. The first-order valence-corrected chi connectivity index (χ1v) is 5.48. The highest BCUT2D eigenvalue weighted by Crippen LogP contribution is 2.07. The zero-order chi connectivity index (χ0) is 13.5. The molecule has 1 aromatic rings. The van der Waals surface area contributed by atoms with Gasteiger partial charge in [-0.2, -0.15) is 0 Å². The molecule has 5 nitrogen and oxygen atoms in total. The molecular formula is C13H14O5. The third kappa shape index (κ3) is 4.01. The van der Waals surface area contributed by atoms with Crippen LogP contribution in [0.3, 0.4) is 0 Å². The lowest BCUT2D eigenvalue weighted by Gasteiger charge is -2.04. The lowest BCUT2D eigenvalue weighted by molar-refractivity contribution is -0.142. The van der Waals surface area contributed by atoms with Crippen molar-refractivity contribution in [2.45, 2.75) is 20.5 Å². The topological polar surface area (TPSA) is 69.7 Å². The Morgan fingerprint density at radius 1 is 1.06 bits per heavy atom. The molecule has 96 valence electrons. The molecule has 0 aliphatic heterocycles. The van der Waals surface area contributed by atoms with E-state index in [0.717, 1.165) is 5.56 Å². The maximum Gasteiger partial charge on any atom is 0.379 e. The number of ketones is 1. The van der Waals surface area contributed by atoms with Crippen LogP contribution in [-0.4, -0.2) is 24.3 Å². The SMILES string of the molecule is CCOC(=O)C(=O)c1ccc(COC(C)=O)cc1. The lowest BCUT2D eigenvalue weighted by Crippen LogP contribution is -2.17. The summed E-state index contributed by atoms with van der Waals surface area (Å²) in [6, 6.07) is 6.24. The van der Waals surface area contributed by atoms with Crippen molar-refractivity contribution in [2.75, 3.05) is 6.61 Å². The highest BCUT2D eigenvalue weighted by atomic mass is 16.5. The van der Waals surface area contributed by atoms with E-state index in [9.17, 15) is 14.4 Å². The first kappa shape index (κ1) is 13.9. The molecule has 0 radical (unpaired) electrons. The zero-order valence-corrected chi connectivity index (χ0v) is 10.3. The fourth-order valence-electron chi connectivity index (χ4n) is 1.25. The fraction of sp³-hybridized carbons (Fsp3) is 0.308. The molecular weight excluding hydrogens is 236 g/mol. The van der Waals surface area contributed by atoms with Crippen LogP contribution in [0.25, 0.3) is 0 Å². The fourth-order valence-corrected chi connectivity index (χ4v) is 1.25. The molecule has 0 unspecified atom stereocenters. The average Bonchev–Trinajstić information content (AvgIpc) is 2.36. The van der Waals surface area contributed by atoms with E-state index in [1.54, 1.807) is 19.1 Å². The van der Waals surface area contributed by atoms with Crippen LogP contribution in [0, 0.1) is 0 Å². The molecule has 1 aromatic carbocycles. The number of carbonyl (C=O) groups is 3. The molecule has 0 atom stereocenters. The second kappa shape index (κ2) is 6.54. The predicted molar refractivity (Wildman–Crippen MR) is 62.9 cm³/mol. The van der Waals surface area contributed by atoms with Gasteiger partial charge in [0.2, 0.25) is 0 Å². The number of benzene rings is 1. The molecule has 0 saturated carbocycles. The number of carbonyl (C=O) groups excluding carboxylic acids is 3. The summed E-state index contributed by atoms with van der Waals surface area (Å²) in [7, 11) is 0. The van der Waals surface area contributed by atoms with Gasteiger partial charge in [0.15, 0.2) is 0 Å². The standard InChI is InChI=1S/C13H14O5/c1-3-17-13(16)12(15)11-6-4-10(5-7-11)8-18-9(2)14/h4-7H,3,8H2,1-2H3. The lowest BCUT2D eigenvalue weighted by atomic mass is 10.1. The molecule has 1 rings (SSSR count). The molecule has 0 heterocycles. The quantitative estimate of drug-likeness (QED) is 0.450. The zero-order valence-electron chi connectivity index (χ0n) is 10.3. The van der Waals surface area contributed by atoms with E-state index in [-0.39, 0.29) is 24.7 Å².